The molecule has 1 saturated carbocycles. The minimum Gasteiger partial charge on any atom is -0.369 e. The van der Waals surface area contributed by atoms with Crippen molar-refractivity contribution >= 4 is 11.5 Å². The fraction of sp³-hybridized carbons (Fsp3) is 0.571. The number of nitrogens with zero attached hydrogens (tertiary/aromatic N) is 2. The molecule has 1 aliphatic carbocycles. The van der Waals surface area contributed by atoms with Crippen LogP contribution < -0.4 is 4.90 Å². The Morgan fingerprint density at radius 2 is 1.79 bits per heavy atom. The molecule has 0 radical (unpaired) electrons. The van der Waals surface area contributed by atoms with Crippen molar-refractivity contribution in [1.29, 1.82) is 0 Å². The van der Waals surface area contributed by atoms with Crippen molar-refractivity contribution in [1.82, 2.24) is 4.90 Å². The van der Waals surface area contributed by atoms with Gasteiger partial charge in [-0.05, 0) is 43.2 Å². The number of anilines is 1. The molecule has 3 heteroatoms. The van der Waals surface area contributed by atoms with Crippen LogP contribution in [-0.2, 0) is 4.79 Å². The third-order valence-electron chi connectivity index (χ3n) is 5.58. The average Bonchev–Trinajstić information content (AvgIpc) is 2.63. The Labute approximate surface area is 146 Å². The highest BCUT2D eigenvalue weighted by atomic mass is 16.1. The second-order valence-electron chi connectivity index (χ2n) is 7.24. The molecule has 1 aliphatic heterocycles. The number of carbonyl (C=O) groups excluding carboxylic acids is 1. The first-order valence-electron chi connectivity index (χ1n) is 9.42. The summed E-state index contributed by atoms with van der Waals surface area (Å²) in [6, 6.07) is 8.94. The summed E-state index contributed by atoms with van der Waals surface area (Å²) in [6.07, 6.45) is 5.47. The normalized spacial score (nSPS) is 20.4. The molecule has 2 fully saturated rings. The molecule has 0 spiro atoms. The van der Waals surface area contributed by atoms with E-state index >= 15 is 0 Å². The Bertz CT molecular complexity index is 577. The second-order valence-corrected chi connectivity index (χ2v) is 7.24. The minimum absolute atomic E-state index is 0.353. The Morgan fingerprint density at radius 1 is 1.12 bits per heavy atom. The van der Waals surface area contributed by atoms with Crippen molar-refractivity contribution in [3.05, 3.63) is 42.0 Å². The van der Waals surface area contributed by atoms with Crippen LogP contribution in [0.3, 0.4) is 0 Å². The molecule has 130 valence electrons. The zero-order valence-electron chi connectivity index (χ0n) is 15.0. The van der Waals surface area contributed by atoms with Crippen molar-refractivity contribution < 1.29 is 4.79 Å². The summed E-state index contributed by atoms with van der Waals surface area (Å²) >= 11 is 0. The number of hydrogen-bond acceptors (Lipinski definition) is 3. The van der Waals surface area contributed by atoms with E-state index in [1.807, 2.05) is 6.92 Å². The van der Waals surface area contributed by atoms with Crippen LogP contribution in [0, 0.1) is 0 Å². The van der Waals surface area contributed by atoms with Gasteiger partial charge in [-0.2, -0.15) is 0 Å². The van der Waals surface area contributed by atoms with Crippen LogP contribution >= 0.6 is 0 Å². The zero-order valence-corrected chi connectivity index (χ0v) is 15.0. The van der Waals surface area contributed by atoms with E-state index in [2.05, 4.69) is 40.6 Å². The Kier molecular flexibility index (Phi) is 5.72. The first-order chi connectivity index (χ1) is 11.7. The molecule has 1 heterocycles. The molecule has 0 N–H and O–H groups in total. The van der Waals surface area contributed by atoms with Gasteiger partial charge in [0.1, 0.15) is 5.78 Å². The van der Waals surface area contributed by atoms with Crippen LogP contribution in [0.1, 0.15) is 50.5 Å². The number of rotatable bonds is 5. The number of Topliss-reactive ketones (excluding diaryl/α,β-unsaturated/α-hetero) is 1. The van der Waals surface area contributed by atoms with E-state index in [0.29, 0.717) is 24.7 Å². The smallest absolute Gasteiger partial charge is 0.146 e. The quantitative estimate of drug-likeness (QED) is 0.764. The summed E-state index contributed by atoms with van der Waals surface area (Å²) in [5, 5.41) is 0. The molecule has 0 atom stereocenters. The predicted octanol–water partition coefficient (Wildman–Crippen LogP) is 4.00. The number of benzene rings is 1. The van der Waals surface area contributed by atoms with Crippen molar-refractivity contribution in [2.24, 2.45) is 0 Å². The van der Waals surface area contributed by atoms with Crippen LogP contribution in [0.25, 0.3) is 0 Å². The maximum Gasteiger partial charge on any atom is 0.146 e. The van der Waals surface area contributed by atoms with Gasteiger partial charge in [0.15, 0.2) is 0 Å². The molecule has 24 heavy (non-hydrogen) atoms. The maximum atomic E-state index is 11.7. The SMILES string of the molecule is C=C1CCC(c2ccccc2N2CCN(CC(=O)CC)CC2)CC1. The summed E-state index contributed by atoms with van der Waals surface area (Å²) in [5.41, 5.74) is 4.34. The van der Waals surface area contributed by atoms with Crippen molar-refractivity contribution in [2.45, 2.75) is 44.9 Å². The third-order valence-corrected chi connectivity index (χ3v) is 5.58. The molecular formula is C21H30N2O. The Morgan fingerprint density at radius 3 is 2.46 bits per heavy atom. The number of allylic oxidation sites excluding steroid dienone is 1. The van der Waals surface area contributed by atoms with Crippen LogP contribution in [-0.4, -0.2) is 43.4 Å². The number of para-hydroxylation sites is 1. The van der Waals surface area contributed by atoms with E-state index in [9.17, 15) is 4.79 Å². The van der Waals surface area contributed by atoms with E-state index in [-0.39, 0.29) is 0 Å². The summed E-state index contributed by atoms with van der Waals surface area (Å²) in [6.45, 7) is 10.7. The van der Waals surface area contributed by atoms with E-state index in [0.717, 1.165) is 26.2 Å². The molecule has 3 rings (SSSR count). The van der Waals surface area contributed by atoms with Crippen LogP contribution in [0.4, 0.5) is 5.69 Å². The van der Waals surface area contributed by atoms with Gasteiger partial charge in [-0.15, -0.1) is 0 Å². The van der Waals surface area contributed by atoms with E-state index in [1.54, 1.807) is 0 Å². The van der Waals surface area contributed by atoms with Gasteiger partial charge in [-0.3, -0.25) is 9.69 Å². The largest absolute Gasteiger partial charge is 0.369 e. The van der Waals surface area contributed by atoms with Gasteiger partial charge in [0.25, 0.3) is 0 Å². The molecular weight excluding hydrogens is 296 g/mol. The van der Waals surface area contributed by atoms with Crippen molar-refractivity contribution in [3.8, 4) is 0 Å². The van der Waals surface area contributed by atoms with Gasteiger partial charge in [0, 0.05) is 38.3 Å². The number of hydrogen-bond donors (Lipinski definition) is 0. The topological polar surface area (TPSA) is 23.6 Å². The highest BCUT2D eigenvalue weighted by Gasteiger charge is 2.24. The minimum atomic E-state index is 0.353. The van der Waals surface area contributed by atoms with Gasteiger partial charge in [-0.1, -0.05) is 37.3 Å². The average molecular weight is 326 g/mol. The lowest BCUT2D eigenvalue weighted by atomic mass is 9.81. The fourth-order valence-corrected chi connectivity index (χ4v) is 3.97. The predicted molar refractivity (Wildman–Crippen MR) is 101 cm³/mol. The summed E-state index contributed by atoms with van der Waals surface area (Å²) in [7, 11) is 0. The third kappa shape index (κ3) is 4.07. The van der Waals surface area contributed by atoms with Gasteiger partial charge in [-0.25, -0.2) is 0 Å². The van der Waals surface area contributed by atoms with Gasteiger partial charge in [0.05, 0.1) is 6.54 Å². The lowest BCUT2D eigenvalue weighted by Gasteiger charge is -2.38. The lowest BCUT2D eigenvalue weighted by Crippen LogP contribution is -2.48. The molecule has 1 aromatic rings. The Balaban J connectivity index is 1.65. The molecule has 0 bridgehead atoms. The van der Waals surface area contributed by atoms with Crippen LogP contribution in [0.15, 0.2) is 36.4 Å². The molecule has 0 aromatic heterocycles. The number of ketones is 1. The van der Waals surface area contributed by atoms with Crippen molar-refractivity contribution in [3.63, 3.8) is 0 Å². The first kappa shape index (κ1) is 17.2. The van der Waals surface area contributed by atoms with Crippen LogP contribution in [0.2, 0.25) is 0 Å². The van der Waals surface area contributed by atoms with Crippen LogP contribution in [0.5, 0.6) is 0 Å². The second kappa shape index (κ2) is 7.98. The molecule has 0 amide bonds. The van der Waals surface area contributed by atoms with Crippen molar-refractivity contribution in [2.75, 3.05) is 37.6 Å². The number of carbonyl (C=O) groups is 1. The Hall–Kier alpha value is -1.61. The maximum absolute atomic E-state index is 11.7. The number of piperazine rings is 1. The van der Waals surface area contributed by atoms with E-state index < -0.39 is 0 Å². The van der Waals surface area contributed by atoms with Gasteiger partial charge in [0.2, 0.25) is 0 Å². The summed E-state index contributed by atoms with van der Waals surface area (Å²) < 4.78 is 0. The molecule has 2 aliphatic rings. The summed E-state index contributed by atoms with van der Waals surface area (Å²) in [4.78, 5) is 16.5. The highest BCUT2D eigenvalue weighted by Crippen LogP contribution is 2.39. The van der Waals surface area contributed by atoms with Gasteiger partial charge >= 0.3 is 0 Å². The molecule has 3 nitrogen and oxygen atoms in total. The lowest BCUT2D eigenvalue weighted by molar-refractivity contribution is -0.119. The molecule has 0 unspecified atom stereocenters. The standard InChI is InChI=1S/C21H30N2O/c1-3-19(24)16-22-12-14-23(15-13-22)21-7-5-4-6-20(21)18-10-8-17(2)9-11-18/h4-7,18H,2-3,8-16H2,1H3. The highest BCUT2D eigenvalue weighted by molar-refractivity contribution is 5.80. The van der Waals surface area contributed by atoms with E-state index in [1.165, 1.54) is 42.5 Å². The fourth-order valence-electron chi connectivity index (χ4n) is 3.97. The first-order valence-corrected chi connectivity index (χ1v) is 9.42. The monoisotopic (exact) mass is 326 g/mol. The van der Waals surface area contributed by atoms with E-state index in [4.69, 9.17) is 0 Å². The zero-order chi connectivity index (χ0) is 16.9. The molecule has 1 aromatic carbocycles. The summed E-state index contributed by atoms with van der Waals surface area (Å²) in [5.74, 6) is 1.03. The van der Waals surface area contributed by atoms with Gasteiger partial charge < -0.3 is 4.90 Å². The molecule has 1 saturated heterocycles.